The van der Waals surface area contributed by atoms with Crippen molar-refractivity contribution in [1.82, 2.24) is 10.2 Å². The minimum Gasteiger partial charge on any atom is -0.351 e. The molecule has 0 aromatic heterocycles. The van der Waals surface area contributed by atoms with Gasteiger partial charge in [0, 0.05) is 49.4 Å². The van der Waals surface area contributed by atoms with Crippen LogP contribution < -0.4 is 10.6 Å². The highest BCUT2D eigenvalue weighted by atomic mass is 32.2. The van der Waals surface area contributed by atoms with Crippen LogP contribution in [0.1, 0.15) is 41.6 Å². The number of hydrogen-bond donors (Lipinski definition) is 2. The lowest BCUT2D eigenvalue weighted by Gasteiger charge is -2.27. The maximum absolute atomic E-state index is 12.6. The predicted octanol–water partition coefficient (Wildman–Crippen LogP) is 3.34. The van der Waals surface area contributed by atoms with Gasteiger partial charge in [0.2, 0.25) is 5.91 Å². The Labute approximate surface area is 206 Å². The van der Waals surface area contributed by atoms with Crippen LogP contribution in [0, 0.1) is 10.1 Å². The maximum atomic E-state index is 12.6. The van der Waals surface area contributed by atoms with Crippen LogP contribution in [0.5, 0.6) is 0 Å². The number of thioether (sulfide) groups is 1. The number of nitro benzene ring substituents is 1. The Morgan fingerprint density at radius 3 is 2.57 bits per heavy atom. The smallest absolute Gasteiger partial charge is 0.269 e. The number of nitrogens with one attached hydrogen (secondary N) is 2. The molecule has 2 aliphatic heterocycles. The number of anilines is 1. The lowest BCUT2D eigenvalue weighted by atomic mass is 10.1. The summed E-state index contributed by atoms with van der Waals surface area (Å²) in [5.41, 5.74) is 1.51. The SMILES string of the molecule is O=C(CC1SC(N2CCCCC2)=NC1=O)Nc1cccc(C(=O)NCc2ccc([N+](=O)[O-])cc2)c1. The third-order valence-electron chi connectivity index (χ3n) is 5.74. The molecule has 0 aliphatic carbocycles. The molecule has 2 aliphatic rings. The standard InChI is InChI=1S/C24H25N5O5S/c30-21(14-20-23(32)27-24(35-20)28-11-2-1-3-12-28)26-18-6-4-5-17(13-18)22(31)25-15-16-7-9-19(10-8-16)29(33)34/h4-10,13,20H,1-3,11-12,14-15H2,(H,25,31)(H,26,30). The largest absolute Gasteiger partial charge is 0.351 e. The maximum Gasteiger partial charge on any atom is 0.269 e. The third kappa shape index (κ3) is 6.44. The molecule has 1 atom stereocenters. The molecule has 11 heteroatoms. The van der Waals surface area contributed by atoms with Crippen molar-refractivity contribution in [2.75, 3.05) is 18.4 Å². The molecular formula is C24H25N5O5S. The first-order chi connectivity index (χ1) is 16.9. The second kappa shape index (κ2) is 11.1. The van der Waals surface area contributed by atoms with Gasteiger partial charge in [0.15, 0.2) is 5.17 Å². The summed E-state index contributed by atoms with van der Waals surface area (Å²) < 4.78 is 0. The number of nitrogens with zero attached hydrogens (tertiary/aromatic N) is 3. The summed E-state index contributed by atoms with van der Waals surface area (Å²) in [5, 5.41) is 16.4. The average molecular weight is 496 g/mol. The minimum atomic E-state index is -0.542. The van der Waals surface area contributed by atoms with E-state index in [0.29, 0.717) is 16.4 Å². The monoisotopic (exact) mass is 495 g/mol. The molecule has 0 radical (unpaired) electrons. The fourth-order valence-electron chi connectivity index (χ4n) is 3.87. The summed E-state index contributed by atoms with van der Waals surface area (Å²) in [4.78, 5) is 53.9. The second-order valence-electron chi connectivity index (χ2n) is 8.33. The van der Waals surface area contributed by atoms with Gasteiger partial charge in [-0.1, -0.05) is 30.0 Å². The van der Waals surface area contributed by atoms with E-state index in [1.54, 1.807) is 36.4 Å². The Morgan fingerprint density at radius 2 is 1.86 bits per heavy atom. The van der Waals surface area contributed by atoms with Crippen molar-refractivity contribution in [3.05, 3.63) is 69.8 Å². The van der Waals surface area contributed by atoms with Crippen molar-refractivity contribution in [2.45, 2.75) is 37.5 Å². The number of benzene rings is 2. The average Bonchev–Trinajstić information content (AvgIpc) is 3.23. The molecule has 3 amide bonds. The fourth-order valence-corrected chi connectivity index (χ4v) is 4.99. The summed E-state index contributed by atoms with van der Waals surface area (Å²) in [7, 11) is 0. The molecule has 1 saturated heterocycles. The number of rotatable bonds is 7. The summed E-state index contributed by atoms with van der Waals surface area (Å²) >= 11 is 1.34. The highest BCUT2D eigenvalue weighted by molar-refractivity contribution is 8.15. The Balaban J connectivity index is 1.28. The van der Waals surface area contributed by atoms with Gasteiger partial charge in [0.1, 0.15) is 5.25 Å². The van der Waals surface area contributed by atoms with Crippen LogP contribution in [0.4, 0.5) is 11.4 Å². The molecule has 0 saturated carbocycles. The molecule has 10 nitrogen and oxygen atoms in total. The molecular weight excluding hydrogens is 470 g/mol. The molecule has 0 spiro atoms. The van der Waals surface area contributed by atoms with E-state index >= 15 is 0 Å². The Morgan fingerprint density at radius 1 is 1.11 bits per heavy atom. The van der Waals surface area contributed by atoms with Gasteiger partial charge in [-0.15, -0.1) is 0 Å². The lowest BCUT2D eigenvalue weighted by molar-refractivity contribution is -0.384. The number of non-ortho nitro benzene ring substituents is 1. The summed E-state index contributed by atoms with van der Waals surface area (Å²) in [6.45, 7) is 1.97. The van der Waals surface area contributed by atoms with Gasteiger partial charge >= 0.3 is 0 Å². The molecule has 2 aromatic rings. The Hall–Kier alpha value is -3.73. The van der Waals surface area contributed by atoms with Crippen molar-refractivity contribution in [3.8, 4) is 0 Å². The van der Waals surface area contributed by atoms with Crippen LogP contribution in [0.3, 0.4) is 0 Å². The number of likely N-dealkylation sites (tertiary alicyclic amines) is 1. The number of amides is 3. The third-order valence-corrected chi connectivity index (χ3v) is 6.95. The molecule has 2 aromatic carbocycles. The van der Waals surface area contributed by atoms with Crippen molar-refractivity contribution in [2.24, 2.45) is 4.99 Å². The van der Waals surface area contributed by atoms with Crippen molar-refractivity contribution in [3.63, 3.8) is 0 Å². The number of aliphatic imine (C=N–C) groups is 1. The molecule has 2 N–H and O–H groups in total. The van der Waals surface area contributed by atoms with E-state index < -0.39 is 10.2 Å². The van der Waals surface area contributed by atoms with E-state index in [-0.39, 0.29) is 36.4 Å². The van der Waals surface area contributed by atoms with Crippen molar-refractivity contribution >= 4 is 46.0 Å². The van der Waals surface area contributed by atoms with E-state index in [1.165, 1.54) is 30.3 Å². The van der Waals surface area contributed by atoms with E-state index in [2.05, 4.69) is 20.5 Å². The zero-order valence-corrected chi connectivity index (χ0v) is 19.8. The van der Waals surface area contributed by atoms with E-state index in [1.807, 2.05) is 0 Å². The number of carbonyl (C=O) groups excluding carboxylic acids is 3. The lowest BCUT2D eigenvalue weighted by Crippen LogP contribution is -2.33. The van der Waals surface area contributed by atoms with Crippen LogP contribution in [0.25, 0.3) is 0 Å². The van der Waals surface area contributed by atoms with Crippen molar-refractivity contribution in [1.29, 1.82) is 0 Å². The first-order valence-corrected chi connectivity index (χ1v) is 12.2. The molecule has 182 valence electrons. The van der Waals surface area contributed by atoms with E-state index in [4.69, 9.17) is 0 Å². The van der Waals surface area contributed by atoms with Crippen LogP contribution in [-0.2, 0) is 16.1 Å². The fraction of sp³-hybridized carbons (Fsp3) is 0.333. The normalized spacial score (nSPS) is 17.6. The van der Waals surface area contributed by atoms with Crippen LogP contribution in [-0.4, -0.2) is 51.1 Å². The van der Waals surface area contributed by atoms with Gasteiger partial charge in [-0.2, -0.15) is 4.99 Å². The van der Waals surface area contributed by atoms with Crippen LogP contribution in [0.15, 0.2) is 53.5 Å². The van der Waals surface area contributed by atoms with Crippen molar-refractivity contribution < 1.29 is 19.3 Å². The molecule has 35 heavy (non-hydrogen) atoms. The molecule has 1 fully saturated rings. The molecule has 4 rings (SSSR count). The minimum absolute atomic E-state index is 0.000901. The first-order valence-electron chi connectivity index (χ1n) is 11.3. The first kappa shape index (κ1) is 24.4. The van der Waals surface area contributed by atoms with Gasteiger partial charge in [0.05, 0.1) is 4.92 Å². The van der Waals surface area contributed by atoms with Gasteiger partial charge < -0.3 is 15.5 Å². The predicted molar refractivity (Wildman–Crippen MR) is 133 cm³/mol. The summed E-state index contributed by atoms with van der Waals surface area (Å²) in [6, 6.07) is 12.4. The van der Waals surface area contributed by atoms with Gasteiger partial charge in [-0.05, 0) is 43.0 Å². The zero-order chi connectivity index (χ0) is 24.8. The molecule has 1 unspecified atom stereocenters. The van der Waals surface area contributed by atoms with E-state index in [9.17, 15) is 24.5 Å². The Bertz CT molecular complexity index is 1160. The number of carbonyl (C=O) groups is 3. The van der Waals surface area contributed by atoms with Gasteiger partial charge in [-0.25, -0.2) is 0 Å². The summed E-state index contributed by atoms with van der Waals surface area (Å²) in [6.07, 6.45) is 3.34. The second-order valence-corrected chi connectivity index (χ2v) is 9.50. The van der Waals surface area contributed by atoms with Crippen LogP contribution in [0.2, 0.25) is 0 Å². The molecule has 0 bridgehead atoms. The molecule has 2 heterocycles. The number of piperidine rings is 1. The summed E-state index contributed by atoms with van der Waals surface area (Å²) in [5.74, 6) is -0.958. The highest BCUT2D eigenvalue weighted by Crippen LogP contribution is 2.29. The topological polar surface area (TPSA) is 134 Å². The number of amidine groups is 1. The highest BCUT2D eigenvalue weighted by Gasteiger charge is 2.33. The number of nitro groups is 1. The Kier molecular flexibility index (Phi) is 7.76. The van der Waals surface area contributed by atoms with Gasteiger partial charge in [0.25, 0.3) is 17.5 Å². The number of hydrogen-bond acceptors (Lipinski definition) is 7. The van der Waals surface area contributed by atoms with Crippen LogP contribution >= 0.6 is 11.8 Å². The zero-order valence-electron chi connectivity index (χ0n) is 18.9. The van der Waals surface area contributed by atoms with Gasteiger partial charge in [-0.3, -0.25) is 24.5 Å². The van der Waals surface area contributed by atoms with E-state index in [0.717, 1.165) is 31.5 Å². The quantitative estimate of drug-likeness (QED) is 0.444.